The van der Waals surface area contributed by atoms with Gasteiger partial charge >= 0.3 is 1.43 Å². The van der Waals surface area contributed by atoms with E-state index in [1.54, 1.807) is 0 Å². The van der Waals surface area contributed by atoms with E-state index in [9.17, 15) is 9.59 Å². The lowest BCUT2D eigenvalue weighted by Gasteiger charge is -2.00. The van der Waals surface area contributed by atoms with Crippen molar-refractivity contribution < 1.29 is 21.2 Å². The van der Waals surface area contributed by atoms with Crippen molar-refractivity contribution in [3.8, 4) is 0 Å². The van der Waals surface area contributed by atoms with Crippen molar-refractivity contribution in [3.63, 3.8) is 0 Å². The molecule has 1 saturated heterocycles. The van der Waals surface area contributed by atoms with Gasteiger partial charge in [-0.3, -0.25) is 9.59 Å². The molecule has 1 rings (SSSR count). The van der Waals surface area contributed by atoms with Crippen molar-refractivity contribution in [2.45, 2.75) is 12.2 Å². The molecule has 5 heteroatoms. The van der Waals surface area contributed by atoms with Gasteiger partial charge in [0.1, 0.15) is 12.2 Å². The zero-order valence-corrected chi connectivity index (χ0v) is 5.37. The van der Waals surface area contributed by atoms with E-state index in [-0.39, 0.29) is 1.43 Å². The maximum atomic E-state index is 10.4. The summed E-state index contributed by atoms with van der Waals surface area (Å²) in [4.78, 5) is 20.8. The molecule has 1 aliphatic heterocycles. The third-order valence-corrected chi connectivity index (χ3v) is 2.17. The Morgan fingerprint density at radius 2 is 1.56 bits per heavy atom. The SMILES string of the molecule is O=C1PC(=O)C(O)C1O.[H+]. The minimum absolute atomic E-state index is 0. The molecule has 0 radical (unpaired) electrons. The van der Waals surface area contributed by atoms with Crippen molar-refractivity contribution in [2.24, 2.45) is 0 Å². The first-order valence-electron chi connectivity index (χ1n) is 2.34. The van der Waals surface area contributed by atoms with Gasteiger partial charge in [0.05, 0.1) is 0 Å². The van der Waals surface area contributed by atoms with Gasteiger partial charge in [0, 0.05) is 8.58 Å². The van der Waals surface area contributed by atoms with Gasteiger partial charge in [-0.2, -0.15) is 0 Å². The fourth-order valence-corrected chi connectivity index (χ4v) is 1.41. The summed E-state index contributed by atoms with van der Waals surface area (Å²) in [5, 5.41) is 17.2. The molecular formula is C4H6O4P+. The fourth-order valence-electron chi connectivity index (χ4n) is 0.556. The van der Waals surface area contributed by atoms with Crippen molar-refractivity contribution >= 4 is 19.6 Å². The maximum absolute atomic E-state index is 10.4. The molecule has 0 aromatic carbocycles. The maximum Gasteiger partial charge on any atom is 1.00 e. The Kier molecular flexibility index (Phi) is 1.62. The monoisotopic (exact) mass is 149 g/mol. The summed E-state index contributed by atoms with van der Waals surface area (Å²) in [7, 11) is -0.561. The molecule has 0 aromatic rings. The predicted molar refractivity (Wildman–Crippen MR) is 31.5 cm³/mol. The van der Waals surface area contributed by atoms with Crippen LogP contribution in [0.3, 0.4) is 0 Å². The first-order valence-corrected chi connectivity index (χ1v) is 3.34. The summed E-state index contributed by atoms with van der Waals surface area (Å²) in [6.45, 7) is 0. The van der Waals surface area contributed by atoms with E-state index in [1.165, 1.54) is 0 Å². The Bertz CT molecular complexity index is 153. The summed E-state index contributed by atoms with van der Waals surface area (Å²) in [5.41, 5.74) is -1.12. The van der Waals surface area contributed by atoms with Gasteiger partial charge in [-0.15, -0.1) is 0 Å². The second-order valence-electron chi connectivity index (χ2n) is 1.74. The van der Waals surface area contributed by atoms with E-state index in [0.717, 1.165) is 0 Å². The topological polar surface area (TPSA) is 74.6 Å². The Hall–Kier alpha value is -0.310. The number of hydrogen-bond acceptors (Lipinski definition) is 4. The number of aliphatic hydroxyl groups excluding tert-OH is 2. The molecule has 9 heavy (non-hydrogen) atoms. The van der Waals surface area contributed by atoms with Crippen molar-refractivity contribution in [2.75, 3.05) is 0 Å². The number of carbonyl (C=O) groups is 2. The Balaban J connectivity index is 0.000000810. The molecule has 0 aliphatic carbocycles. The highest BCUT2D eigenvalue weighted by Crippen LogP contribution is 2.27. The molecule has 50 valence electrons. The zero-order valence-electron chi connectivity index (χ0n) is 5.37. The molecule has 1 aliphatic rings. The average molecular weight is 149 g/mol. The lowest BCUT2D eigenvalue weighted by atomic mass is 10.2. The minimum atomic E-state index is -1.46. The molecular weight excluding hydrogens is 143 g/mol. The molecule has 0 aromatic heterocycles. The molecule has 0 saturated carbocycles. The van der Waals surface area contributed by atoms with Crippen LogP contribution in [0.2, 0.25) is 0 Å². The standard InChI is InChI=1S/C4H5O4P/c5-1-2(6)4(8)9-3(1)7/h1-2,5-6,9H/p+1. The summed E-state index contributed by atoms with van der Waals surface area (Å²) in [6.07, 6.45) is -2.92. The van der Waals surface area contributed by atoms with Crippen molar-refractivity contribution in [1.29, 1.82) is 0 Å². The second kappa shape index (κ2) is 2.14. The van der Waals surface area contributed by atoms with Crippen LogP contribution in [0.4, 0.5) is 0 Å². The van der Waals surface area contributed by atoms with Crippen LogP contribution in [0, 0.1) is 0 Å². The van der Waals surface area contributed by atoms with Crippen LogP contribution in [0.1, 0.15) is 1.43 Å². The van der Waals surface area contributed by atoms with E-state index < -0.39 is 31.8 Å². The normalized spacial score (nSPS) is 38.4. The Morgan fingerprint density at radius 1 is 1.22 bits per heavy atom. The number of rotatable bonds is 0. The largest absolute Gasteiger partial charge is 1.00 e. The molecule has 0 spiro atoms. The van der Waals surface area contributed by atoms with Crippen LogP contribution in [0.25, 0.3) is 0 Å². The van der Waals surface area contributed by atoms with Crippen LogP contribution >= 0.6 is 8.58 Å². The summed E-state index contributed by atoms with van der Waals surface area (Å²) in [5.74, 6) is 0. The fraction of sp³-hybridized carbons (Fsp3) is 0.500. The third-order valence-electron chi connectivity index (χ3n) is 1.08. The first kappa shape index (κ1) is 6.81. The quantitative estimate of drug-likeness (QED) is 0.414. The van der Waals surface area contributed by atoms with E-state index in [4.69, 9.17) is 10.2 Å². The molecule has 4 nitrogen and oxygen atoms in total. The lowest BCUT2D eigenvalue weighted by molar-refractivity contribution is -0.129. The zero-order chi connectivity index (χ0) is 7.02. The van der Waals surface area contributed by atoms with E-state index in [0.29, 0.717) is 0 Å². The second-order valence-corrected chi connectivity index (χ2v) is 2.98. The average Bonchev–Trinajstić information content (AvgIpc) is 1.98. The highest BCUT2D eigenvalue weighted by Gasteiger charge is 2.38. The smallest absolute Gasteiger partial charge is 0.382 e. The van der Waals surface area contributed by atoms with Crippen LogP contribution in [0.5, 0.6) is 0 Å². The molecule has 1 heterocycles. The van der Waals surface area contributed by atoms with Crippen LogP contribution in [-0.2, 0) is 9.59 Å². The summed E-state index contributed by atoms with van der Waals surface area (Å²) < 4.78 is 0. The minimum Gasteiger partial charge on any atom is -0.382 e. The highest BCUT2D eigenvalue weighted by molar-refractivity contribution is 7.75. The molecule has 2 N–H and O–H groups in total. The van der Waals surface area contributed by atoms with Gasteiger partial charge in [0.15, 0.2) is 11.0 Å². The highest BCUT2D eigenvalue weighted by atomic mass is 31.1. The van der Waals surface area contributed by atoms with Gasteiger partial charge in [0.25, 0.3) is 0 Å². The Labute approximate surface area is 54.1 Å². The Morgan fingerprint density at radius 3 is 1.67 bits per heavy atom. The van der Waals surface area contributed by atoms with E-state index in [1.807, 2.05) is 0 Å². The van der Waals surface area contributed by atoms with Gasteiger partial charge in [-0.1, -0.05) is 0 Å². The molecule has 1 fully saturated rings. The van der Waals surface area contributed by atoms with Gasteiger partial charge < -0.3 is 10.2 Å². The van der Waals surface area contributed by atoms with Gasteiger partial charge in [-0.25, -0.2) is 0 Å². The van der Waals surface area contributed by atoms with Gasteiger partial charge in [-0.05, 0) is 0 Å². The number of aliphatic hydroxyl groups is 2. The van der Waals surface area contributed by atoms with Crippen LogP contribution in [0.15, 0.2) is 0 Å². The van der Waals surface area contributed by atoms with Crippen LogP contribution < -0.4 is 0 Å². The van der Waals surface area contributed by atoms with E-state index in [2.05, 4.69) is 0 Å². The van der Waals surface area contributed by atoms with Crippen molar-refractivity contribution in [1.82, 2.24) is 0 Å². The third kappa shape index (κ3) is 1.01. The van der Waals surface area contributed by atoms with Gasteiger partial charge in [0.2, 0.25) is 0 Å². The molecule has 2 unspecified atom stereocenters. The predicted octanol–water partition coefficient (Wildman–Crippen LogP) is -1.43. The van der Waals surface area contributed by atoms with Crippen LogP contribution in [-0.4, -0.2) is 33.5 Å². The molecule has 0 bridgehead atoms. The first-order chi connectivity index (χ1) is 4.13. The molecule has 2 atom stereocenters. The van der Waals surface area contributed by atoms with Crippen molar-refractivity contribution in [3.05, 3.63) is 0 Å². The number of carbonyl (C=O) groups excluding carboxylic acids is 2. The number of hydrogen-bond donors (Lipinski definition) is 2. The summed E-state index contributed by atoms with van der Waals surface area (Å²) in [6, 6.07) is 0. The molecule has 0 amide bonds. The summed E-state index contributed by atoms with van der Waals surface area (Å²) >= 11 is 0. The van der Waals surface area contributed by atoms with E-state index >= 15 is 0 Å². The lowest BCUT2D eigenvalue weighted by Crippen LogP contribution is -2.27.